The van der Waals surface area contributed by atoms with Gasteiger partial charge < -0.3 is 10.1 Å². The van der Waals surface area contributed by atoms with E-state index in [1.807, 2.05) is 43.3 Å². The molecule has 0 saturated carbocycles. The largest absolute Gasteiger partial charge is 0.481 e. The molecule has 0 bridgehead atoms. The predicted octanol–water partition coefficient (Wildman–Crippen LogP) is 5.04. The molecule has 0 aliphatic carbocycles. The number of aromatic nitrogens is 5. The molecule has 0 spiro atoms. The van der Waals surface area contributed by atoms with Crippen LogP contribution in [0.15, 0.2) is 90.1 Å². The van der Waals surface area contributed by atoms with Gasteiger partial charge in [-0.2, -0.15) is 5.10 Å². The van der Waals surface area contributed by atoms with E-state index in [1.54, 1.807) is 52.7 Å². The molecule has 0 aliphatic heterocycles. The number of amides is 1. The van der Waals surface area contributed by atoms with Crippen molar-refractivity contribution in [3.05, 3.63) is 118 Å². The van der Waals surface area contributed by atoms with Crippen LogP contribution in [0.1, 0.15) is 34.7 Å². The number of carbonyl (C=O) groups is 1. The van der Waals surface area contributed by atoms with E-state index >= 15 is 4.39 Å². The number of rotatable bonds is 6. The van der Waals surface area contributed by atoms with E-state index in [1.165, 1.54) is 13.2 Å². The Morgan fingerprint density at radius 3 is 2.61 bits per heavy atom. The molecule has 41 heavy (non-hydrogen) atoms. The normalized spacial score (nSPS) is 12.0. The third-order valence-electron chi connectivity index (χ3n) is 7.01. The lowest BCUT2D eigenvalue weighted by atomic mass is 9.98. The summed E-state index contributed by atoms with van der Waals surface area (Å²) in [6, 6.07) is 18.8. The molecule has 1 amide bonds. The summed E-state index contributed by atoms with van der Waals surface area (Å²) in [4.78, 5) is 36.1. The van der Waals surface area contributed by atoms with Crippen molar-refractivity contribution in [2.45, 2.75) is 19.9 Å². The molecule has 6 aromatic rings. The number of aryl methyl sites for hydroxylation is 1. The number of nitrogens with zero attached hydrogens (tertiary/aromatic N) is 5. The molecule has 1 atom stereocenters. The number of para-hydroxylation sites is 1. The first-order valence-electron chi connectivity index (χ1n) is 12.9. The number of halogens is 1. The van der Waals surface area contributed by atoms with Crippen molar-refractivity contribution in [2.75, 3.05) is 7.11 Å². The first kappa shape index (κ1) is 25.9. The summed E-state index contributed by atoms with van der Waals surface area (Å²) in [7, 11) is 1.45. The molecule has 0 fully saturated rings. The van der Waals surface area contributed by atoms with Crippen LogP contribution in [0.3, 0.4) is 0 Å². The van der Waals surface area contributed by atoms with Gasteiger partial charge in [-0.05, 0) is 49.1 Å². The van der Waals surface area contributed by atoms with Gasteiger partial charge >= 0.3 is 0 Å². The zero-order valence-electron chi connectivity index (χ0n) is 22.5. The SMILES string of the molecule is COc1cc(-c2cccc3cc([C@H](C)NC(=O)c4c(C)nn5cccnc45)n(-c4ccccc4)c(=O)c23)c(F)cn1. The third-order valence-corrected chi connectivity index (χ3v) is 7.01. The van der Waals surface area contributed by atoms with Crippen LogP contribution in [0.2, 0.25) is 0 Å². The second-order valence-electron chi connectivity index (χ2n) is 9.57. The van der Waals surface area contributed by atoms with Gasteiger partial charge in [-0.25, -0.2) is 18.9 Å². The molecule has 0 unspecified atom stereocenters. The molecule has 0 aliphatic rings. The van der Waals surface area contributed by atoms with E-state index in [0.29, 0.717) is 44.6 Å². The molecule has 4 aromatic heterocycles. The maximum absolute atomic E-state index is 15.0. The summed E-state index contributed by atoms with van der Waals surface area (Å²) >= 11 is 0. The third kappa shape index (κ3) is 4.49. The number of methoxy groups -OCH3 is 1. The Bertz CT molecular complexity index is 2000. The van der Waals surface area contributed by atoms with Crippen molar-refractivity contribution in [1.82, 2.24) is 29.5 Å². The van der Waals surface area contributed by atoms with Crippen molar-refractivity contribution >= 4 is 22.3 Å². The summed E-state index contributed by atoms with van der Waals surface area (Å²) in [5.74, 6) is -0.714. The van der Waals surface area contributed by atoms with Crippen LogP contribution in [0, 0.1) is 12.7 Å². The molecule has 6 rings (SSSR count). The standard InChI is InChI=1S/C31H25FN6O3/c1-18(35-30(39)27-19(2)36-37-14-8-13-33-29(27)37)25-15-20-9-7-12-22(23-16-26(41-3)34-17-24(23)32)28(20)31(40)38(25)21-10-5-4-6-11-21/h4-18H,1-3H3,(H,35,39)/t18-/m0/s1. The number of pyridine rings is 2. The van der Waals surface area contributed by atoms with Crippen molar-refractivity contribution < 1.29 is 13.9 Å². The Hall–Kier alpha value is -5.38. The number of nitrogens with one attached hydrogen (secondary N) is 1. The molecular weight excluding hydrogens is 523 g/mol. The Morgan fingerprint density at radius 2 is 1.83 bits per heavy atom. The van der Waals surface area contributed by atoms with E-state index < -0.39 is 11.9 Å². The van der Waals surface area contributed by atoms with Crippen molar-refractivity contribution in [1.29, 1.82) is 0 Å². The van der Waals surface area contributed by atoms with Crippen LogP contribution >= 0.6 is 0 Å². The Labute approximate surface area is 233 Å². The van der Waals surface area contributed by atoms with Crippen molar-refractivity contribution in [3.63, 3.8) is 0 Å². The fraction of sp³-hybridized carbons (Fsp3) is 0.129. The van der Waals surface area contributed by atoms with Gasteiger partial charge in [0, 0.05) is 35.4 Å². The van der Waals surface area contributed by atoms with E-state index in [2.05, 4.69) is 20.4 Å². The number of hydrogen-bond donors (Lipinski definition) is 1. The summed E-state index contributed by atoms with van der Waals surface area (Å²) in [5, 5.41) is 8.34. The molecule has 204 valence electrons. The lowest BCUT2D eigenvalue weighted by Crippen LogP contribution is -2.32. The van der Waals surface area contributed by atoms with Gasteiger partial charge in [0.1, 0.15) is 11.4 Å². The summed E-state index contributed by atoms with van der Waals surface area (Å²) < 4.78 is 23.3. The van der Waals surface area contributed by atoms with Crippen LogP contribution in [0.5, 0.6) is 5.88 Å². The van der Waals surface area contributed by atoms with Crippen LogP contribution in [-0.4, -0.2) is 37.2 Å². The summed E-state index contributed by atoms with van der Waals surface area (Å²) in [5.41, 5.74) is 2.73. The van der Waals surface area contributed by atoms with Gasteiger partial charge in [-0.1, -0.05) is 36.4 Å². The maximum Gasteiger partial charge on any atom is 0.263 e. The quantitative estimate of drug-likeness (QED) is 0.313. The minimum atomic E-state index is -0.598. The lowest BCUT2D eigenvalue weighted by Gasteiger charge is -2.22. The Kier molecular flexibility index (Phi) is 6.50. The molecule has 1 N–H and O–H groups in total. The van der Waals surface area contributed by atoms with E-state index in [9.17, 15) is 9.59 Å². The minimum Gasteiger partial charge on any atom is -0.481 e. The monoisotopic (exact) mass is 548 g/mol. The fourth-order valence-corrected chi connectivity index (χ4v) is 5.11. The molecular formula is C31H25FN6O3. The van der Waals surface area contributed by atoms with E-state index in [4.69, 9.17) is 4.74 Å². The summed E-state index contributed by atoms with van der Waals surface area (Å²) in [6.07, 6.45) is 4.41. The zero-order chi connectivity index (χ0) is 28.7. The number of ether oxygens (including phenoxy) is 1. The predicted molar refractivity (Wildman–Crippen MR) is 153 cm³/mol. The average molecular weight is 549 g/mol. The molecule has 9 nitrogen and oxygen atoms in total. The molecule has 4 heterocycles. The molecule has 10 heteroatoms. The summed E-state index contributed by atoms with van der Waals surface area (Å²) in [6.45, 7) is 3.56. The maximum atomic E-state index is 15.0. The first-order valence-corrected chi connectivity index (χ1v) is 12.9. The van der Waals surface area contributed by atoms with Crippen LogP contribution in [-0.2, 0) is 0 Å². The highest BCUT2D eigenvalue weighted by Gasteiger charge is 2.24. The smallest absolute Gasteiger partial charge is 0.263 e. The van der Waals surface area contributed by atoms with Crippen molar-refractivity contribution in [2.24, 2.45) is 0 Å². The van der Waals surface area contributed by atoms with Crippen LogP contribution in [0.25, 0.3) is 33.2 Å². The Morgan fingerprint density at radius 1 is 1.02 bits per heavy atom. The number of hydrogen-bond acceptors (Lipinski definition) is 6. The van der Waals surface area contributed by atoms with E-state index in [0.717, 1.165) is 6.20 Å². The second kappa shape index (κ2) is 10.3. The zero-order valence-corrected chi connectivity index (χ0v) is 22.5. The Balaban J connectivity index is 1.53. The number of benzene rings is 2. The number of carbonyl (C=O) groups excluding carboxylic acids is 1. The fourth-order valence-electron chi connectivity index (χ4n) is 5.11. The number of fused-ring (bicyclic) bond motifs is 2. The van der Waals surface area contributed by atoms with Gasteiger partial charge in [0.15, 0.2) is 5.65 Å². The second-order valence-corrected chi connectivity index (χ2v) is 9.57. The highest BCUT2D eigenvalue weighted by Crippen LogP contribution is 2.32. The van der Waals surface area contributed by atoms with Gasteiger partial charge in [0.2, 0.25) is 5.88 Å². The average Bonchev–Trinajstić information content (AvgIpc) is 3.33. The van der Waals surface area contributed by atoms with Gasteiger partial charge in [-0.15, -0.1) is 0 Å². The van der Waals surface area contributed by atoms with E-state index in [-0.39, 0.29) is 22.9 Å². The minimum absolute atomic E-state index is 0.198. The van der Waals surface area contributed by atoms with Crippen LogP contribution in [0.4, 0.5) is 4.39 Å². The van der Waals surface area contributed by atoms with Crippen molar-refractivity contribution in [3.8, 4) is 22.7 Å². The lowest BCUT2D eigenvalue weighted by molar-refractivity contribution is 0.0939. The first-order chi connectivity index (χ1) is 19.9. The van der Waals surface area contributed by atoms with Gasteiger partial charge in [-0.3, -0.25) is 14.2 Å². The molecule has 0 radical (unpaired) electrons. The molecule has 2 aromatic carbocycles. The molecule has 0 saturated heterocycles. The van der Waals surface area contributed by atoms with Gasteiger partial charge in [0.05, 0.1) is 30.4 Å². The van der Waals surface area contributed by atoms with Gasteiger partial charge in [0.25, 0.3) is 11.5 Å². The topological polar surface area (TPSA) is 103 Å². The highest BCUT2D eigenvalue weighted by atomic mass is 19.1. The van der Waals surface area contributed by atoms with Crippen LogP contribution < -0.4 is 15.6 Å². The highest BCUT2D eigenvalue weighted by molar-refractivity contribution is 6.01.